The Balaban J connectivity index is 1.67. The summed E-state index contributed by atoms with van der Waals surface area (Å²) in [6.07, 6.45) is 1.63. The lowest BCUT2D eigenvalue weighted by Crippen LogP contribution is -2.27. The Kier molecular flexibility index (Phi) is 5.90. The number of carbonyl (C=O) groups excluding carboxylic acids is 1. The number of aromatic nitrogens is 2. The highest BCUT2D eigenvalue weighted by molar-refractivity contribution is 5.91. The topological polar surface area (TPSA) is 60.5 Å². The van der Waals surface area contributed by atoms with E-state index in [0.717, 1.165) is 5.69 Å². The second-order valence-corrected chi connectivity index (χ2v) is 6.15. The number of benzene rings is 1. The van der Waals surface area contributed by atoms with Crippen LogP contribution in [0.1, 0.15) is 28.9 Å². The number of ether oxygens (including phenoxy) is 1. The first-order chi connectivity index (χ1) is 13.8. The maximum atomic E-state index is 13.6. The summed E-state index contributed by atoms with van der Waals surface area (Å²) in [7, 11) is 1.58. The van der Waals surface area contributed by atoms with Crippen LogP contribution in [-0.2, 0) is 19.7 Å². The lowest BCUT2D eigenvalue weighted by Gasteiger charge is -2.16. The van der Waals surface area contributed by atoms with Crippen molar-refractivity contribution in [2.24, 2.45) is 0 Å². The maximum absolute atomic E-state index is 13.6. The fourth-order valence-corrected chi connectivity index (χ4v) is 2.67. The molecule has 0 N–H and O–H groups in total. The van der Waals surface area contributed by atoms with E-state index >= 15 is 0 Å². The monoisotopic (exact) mass is 411 g/mol. The molecule has 3 rings (SSSR count). The summed E-state index contributed by atoms with van der Waals surface area (Å²) < 4.78 is 65.6. The predicted molar refractivity (Wildman–Crippen MR) is 93.0 cm³/mol. The molecule has 0 unspecified atom stereocenters. The van der Waals surface area contributed by atoms with E-state index in [0.29, 0.717) is 6.54 Å². The SMILES string of the molecule is CCn1nccc1CN(C)C(=O)c1ccc(COc2c(F)c(F)cc(F)c2F)o1. The van der Waals surface area contributed by atoms with Crippen LogP contribution in [0.3, 0.4) is 0 Å². The second-order valence-electron chi connectivity index (χ2n) is 6.15. The van der Waals surface area contributed by atoms with Crippen molar-refractivity contribution in [1.29, 1.82) is 0 Å². The van der Waals surface area contributed by atoms with Crippen LogP contribution >= 0.6 is 0 Å². The minimum Gasteiger partial charge on any atom is -0.479 e. The average molecular weight is 411 g/mol. The van der Waals surface area contributed by atoms with Crippen LogP contribution in [0.15, 0.2) is 34.9 Å². The fraction of sp³-hybridized carbons (Fsp3) is 0.263. The fourth-order valence-electron chi connectivity index (χ4n) is 2.67. The minimum atomic E-state index is -1.65. The number of rotatable bonds is 7. The second kappa shape index (κ2) is 8.38. The zero-order chi connectivity index (χ0) is 21.1. The molecule has 0 radical (unpaired) electrons. The molecule has 0 saturated carbocycles. The van der Waals surface area contributed by atoms with Gasteiger partial charge in [-0.3, -0.25) is 9.48 Å². The van der Waals surface area contributed by atoms with Crippen LogP contribution in [0.25, 0.3) is 0 Å². The summed E-state index contributed by atoms with van der Waals surface area (Å²) in [4.78, 5) is 13.9. The van der Waals surface area contributed by atoms with Gasteiger partial charge in [-0.25, -0.2) is 8.78 Å². The molecule has 0 aliphatic rings. The van der Waals surface area contributed by atoms with E-state index in [4.69, 9.17) is 9.15 Å². The molecule has 29 heavy (non-hydrogen) atoms. The van der Waals surface area contributed by atoms with Crippen molar-refractivity contribution in [2.45, 2.75) is 26.6 Å². The minimum absolute atomic E-state index is 0.0277. The largest absolute Gasteiger partial charge is 0.479 e. The van der Waals surface area contributed by atoms with Crippen LogP contribution in [0, 0.1) is 23.3 Å². The molecular formula is C19H17F4N3O3. The third-order valence-electron chi connectivity index (χ3n) is 4.15. The highest BCUT2D eigenvalue weighted by Gasteiger charge is 2.22. The highest BCUT2D eigenvalue weighted by Crippen LogP contribution is 2.27. The van der Waals surface area contributed by atoms with Gasteiger partial charge in [0.15, 0.2) is 23.1 Å². The van der Waals surface area contributed by atoms with E-state index in [2.05, 4.69) is 5.10 Å². The normalized spacial score (nSPS) is 11.0. The Bertz CT molecular complexity index is 1010. The summed E-state index contributed by atoms with van der Waals surface area (Å²) >= 11 is 0. The Morgan fingerprint density at radius 2 is 1.86 bits per heavy atom. The maximum Gasteiger partial charge on any atom is 0.289 e. The van der Waals surface area contributed by atoms with Crippen molar-refractivity contribution < 1.29 is 31.5 Å². The van der Waals surface area contributed by atoms with Gasteiger partial charge in [0.05, 0.1) is 12.2 Å². The molecule has 0 aliphatic heterocycles. The first kappa shape index (κ1) is 20.4. The molecule has 0 bridgehead atoms. The summed E-state index contributed by atoms with van der Waals surface area (Å²) in [5.41, 5.74) is 0.831. The van der Waals surface area contributed by atoms with Gasteiger partial charge in [-0.15, -0.1) is 0 Å². The Morgan fingerprint density at radius 1 is 1.17 bits per heavy atom. The number of halogens is 4. The van der Waals surface area contributed by atoms with Crippen molar-refractivity contribution in [3.63, 3.8) is 0 Å². The molecule has 1 amide bonds. The molecule has 6 nitrogen and oxygen atoms in total. The van der Waals surface area contributed by atoms with Gasteiger partial charge in [0.1, 0.15) is 12.4 Å². The third kappa shape index (κ3) is 4.25. The van der Waals surface area contributed by atoms with Crippen molar-refractivity contribution >= 4 is 5.91 Å². The number of carbonyl (C=O) groups is 1. The predicted octanol–water partition coefficient (Wildman–Crippen LogP) is 3.90. The number of hydrogen-bond acceptors (Lipinski definition) is 4. The smallest absolute Gasteiger partial charge is 0.289 e. The average Bonchev–Trinajstić information content (AvgIpc) is 3.35. The van der Waals surface area contributed by atoms with Crippen LogP contribution in [0.2, 0.25) is 0 Å². The molecule has 154 valence electrons. The standard InChI is InChI=1S/C19H17F4N3O3/c1-3-26-11(6-7-24-26)9-25(2)19(27)15-5-4-12(29-15)10-28-18-16(22)13(20)8-14(21)17(18)23/h4-8H,3,9-10H2,1-2H3. The van der Waals surface area contributed by atoms with Crippen molar-refractivity contribution in [2.75, 3.05) is 7.05 Å². The number of furan rings is 1. The van der Waals surface area contributed by atoms with Crippen molar-refractivity contribution in [3.8, 4) is 5.75 Å². The van der Waals surface area contributed by atoms with Crippen molar-refractivity contribution in [3.05, 3.63) is 70.9 Å². The number of nitrogens with zero attached hydrogens (tertiary/aromatic N) is 3. The van der Waals surface area contributed by atoms with Crippen LogP contribution in [-0.4, -0.2) is 27.6 Å². The Morgan fingerprint density at radius 3 is 2.52 bits per heavy atom. The van der Waals surface area contributed by atoms with E-state index < -0.39 is 41.5 Å². The van der Waals surface area contributed by atoms with Gasteiger partial charge in [0, 0.05) is 25.9 Å². The first-order valence-corrected chi connectivity index (χ1v) is 8.62. The molecular weight excluding hydrogens is 394 g/mol. The Labute approximate surface area is 163 Å². The molecule has 0 saturated heterocycles. The van der Waals surface area contributed by atoms with Gasteiger partial charge >= 0.3 is 0 Å². The van der Waals surface area contributed by atoms with Crippen LogP contribution in [0.4, 0.5) is 17.6 Å². The van der Waals surface area contributed by atoms with Crippen LogP contribution in [0.5, 0.6) is 5.75 Å². The summed E-state index contributed by atoms with van der Waals surface area (Å²) in [5.74, 6) is -8.09. The van der Waals surface area contributed by atoms with E-state index in [1.54, 1.807) is 24.0 Å². The van der Waals surface area contributed by atoms with E-state index in [-0.39, 0.29) is 24.1 Å². The zero-order valence-electron chi connectivity index (χ0n) is 15.6. The van der Waals surface area contributed by atoms with Gasteiger partial charge < -0.3 is 14.1 Å². The molecule has 2 aromatic heterocycles. The molecule has 1 aromatic carbocycles. The number of hydrogen-bond donors (Lipinski definition) is 0. The summed E-state index contributed by atoms with van der Waals surface area (Å²) in [6.45, 7) is 2.34. The van der Waals surface area contributed by atoms with Gasteiger partial charge in [0.25, 0.3) is 5.91 Å². The van der Waals surface area contributed by atoms with E-state index in [1.807, 2.05) is 6.92 Å². The zero-order valence-corrected chi connectivity index (χ0v) is 15.6. The lowest BCUT2D eigenvalue weighted by atomic mass is 10.3. The third-order valence-corrected chi connectivity index (χ3v) is 4.15. The quantitative estimate of drug-likeness (QED) is 0.437. The van der Waals surface area contributed by atoms with E-state index in [9.17, 15) is 22.4 Å². The number of aryl methyl sites for hydroxylation is 1. The van der Waals surface area contributed by atoms with E-state index in [1.165, 1.54) is 17.0 Å². The number of amides is 1. The van der Waals surface area contributed by atoms with Gasteiger partial charge in [0.2, 0.25) is 11.6 Å². The highest BCUT2D eigenvalue weighted by atomic mass is 19.2. The summed E-state index contributed by atoms with van der Waals surface area (Å²) in [6, 6.07) is 4.60. The molecule has 10 heteroatoms. The first-order valence-electron chi connectivity index (χ1n) is 8.62. The summed E-state index contributed by atoms with van der Waals surface area (Å²) in [5, 5.41) is 4.13. The molecule has 0 fully saturated rings. The van der Waals surface area contributed by atoms with Crippen LogP contribution < -0.4 is 4.74 Å². The van der Waals surface area contributed by atoms with Gasteiger partial charge in [-0.05, 0) is 25.1 Å². The molecule has 0 atom stereocenters. The Hall–Kier alpha value is -3.30. The molecule has 3 aromatic rings. The molecule has 0 spiro atoms. The lowest BCUT2D eigenvalue weighted by molar-refractivity contribution is 0.0745. The van der Waals surface area contributed by atoms with Gasteiger partial charge in [-0.1, -0.05) is 0 Å². The van der Waals surface area contributed by atoms with Gasteiger partial charge in [-0.2, -0.15) is 13.9 Å². The molecule has 0 aliphatic carbocycles. The van der Waals surface area contributed by atoms with Crippen molar-refractivity contribution in [1.82, 2.24) is 14.7 Å². The molecule has 2 heterocycles.